The summed E-state index contributed by atoms with van der Waals surface area (Å²) >= 11 is 1.39. The third kappa shape index (κ3) is 2.41. The third-order valence-corrected chi connectivity index (χ3v) is 4.90. The Hall–Kier alpha value is -2.15. The van der Waals surface area contributed by atoms with Gasteiger partial charge in [-0.05, 0) is 18.4 Å². The molecule has 1 atom stereocenters. The van der Waals surface area contributed by atoms with E-state index in [1.165, 1.54) is 11.8 Å². The van der Waals surface area contributed by atoms with Crippen molar-refractivity contribution >= 4 is 23.4 Å². The highest BCUT2D eigenvalue weighted by Gasteiger charge is 2.34. The molecular weight excluding hydrogens is 300 g/mol. The minimum absolute atomic E-state index is 0.0932. The van der Waals surface area contributed by atoms with E-state index in [0.717, 1.165) is 29.9 Å². The number of benzene rings is 1. The maximum atomic E-state index is 11.1. The highest BCUT2D eigenvalue weighted by atomic mass is 32.2. The molecule has 0 radical (unpaired) electrons. The Balaban J connectivity index is 1.79. The van der Waals surface area contributed by atoms with Crippen molar-refractivity contribution in [1.82, 2.24) is 14.9 Å². The summed E-state index contributed by atoms with van der Waals surface area (Å²) in [6, 6.07) is 9.64. The van der Waals surface area contributed by atoms with Gasteiger partial charge in [0.25, 0.3) is 0 Å². The lowest BCUT2D eigenvalue weighted by atomic mass is 10.1. The minimum atomic E-state index is -1.09. The maximum absolute atomic E-state index is 11.1. The van der Waals surface area contributed by atoms with Crippen LogP contribution in [0.4, 0.5) is 0 Å². The van der Waals surface area contributed by atoms with Gasteiger partial charge in [0.05, 0.1) is 11.0 Å². The van der Waals surface area contributed by atoms with Crippen LogP contribution in [0.2, 0.25) is 0 Å². The first-order valence-electron chi connectivity index (χ1n) is 7.18. The number of thioether (sulfide) groups is 1. The Morgan fingerprint density at radius 3 is 2.73 bits per heavy atom. The molecule has 1 aromatic carbocycles. The Kier molecular flexibility index (Phi) is 3.22. The van der Waals surface area contributed by atoms with Gasteiger partial charge in [-0.25, -0.2) is 0 Å². The molecule has 112 valence electrons. The van der Waals surface area contributed by atoms with Crippen LogP contribution in [0.1, 0.15) is 36.6 Å². The predicted molar refractivity (Wildman–Crippen MR) is 79.6 cm³/mol. The summed E-state index contributed by atoms with van der Waals surface area (Å²) in [6.07, 6.45) is 2.13. The van der Waals surface area contributed by atoms with Crippen molar-refractivity contribution < 1.29 is 9.90 Å². The van der Waals surface area contributed by atoms with Crippen LogP contribution in [0.25, 0.3) is 0 Å². The molecule has 0 spiro atoms. The molecule has 0 N–H and O–H groups in total. The van der Waals surface area contributed by atoms with Crippen molar-refractivity contribution in [1.29, 1.82) is 0 Å². The lowest BCUT2D eigenvalue weighted by molar-refractivity contribution is -0.305. The smallest absolute Gasteiger partial charge is 0.212 e. The first-order chi connectivity index (χ1) is 10.7. The highest BCUT2D eigenvalue weighted by molar-refractivity contribution is 8.00. The number of fused-ring (bicyclic) bond motifs is 1. The molecule has 6 nitrogen and oxygen atoms in total. The van der Waals surface area contributed by atoms with Crippen molar-refractivity contribution in [3.05, 3.63) is 41.7 Å². The molecule has 0 saturated heterocycles. The number of carboxylic acids is 1. The van der Waals surface area contributed by atoms with E-state index in [1.54, 1.807) is 4.68 Å². The van der Waals surface area contributed by atoms with Crippen molar-refractivity contribution in [2.75, 3.05) is 0 Å². The zero-order valence-electron chi connectivity index (χ0n) is 11.7. The summed E-state index contributed by atoms with van der Waals surface area (Å²) in [5, 5.41) is 24.5. The number of aromatic nitrogens is 3. The third-order valence-electron chi connectivity index (χ3n) is 3.76. The fraction of sp³-hybridized carbons (Fsp3) is 0.333. The Labute approximate surface area is 131 Å². The normalized spacial score (nSPS) is 20.4. The zero-order chi connectivity index (χ0) is 15.1. The van der Waals surface area contributed by atoms with Crippen LogP contribution in [0, 0.1) is 0 Å². The molecule has 2 aromatic rings. The maximum Gasteiger partial charge on any atom is 0.212 e. The molecule has 7 heteroatoms. The number of carbonyl (C=O) groups excluding carboxylic acids is 1. The summed E-state index contributed by atoms with van der Waals surface area (Å²) in [4.78, 5) is 11.1. The molecule has 4 rings (SSSR count). The monoisotopic (exact) mass is 313 g/mol. The molecule has 0 amide bonds. The lowest BCUT2D eigenvalue weighted by Gasteiger charge is -2.23. The summed E-state index contributed by atoms with van der Waals surface area (Å²) < 4.78 is 1.77. The van der Waals surface area contributed by atoms with E-state index < -0.39 is 5.97 Å². The van der Waals surface area contributed by atoms with Gasteiger partial charge in [-0.1, -0.05) is 42.1 Å². The van der Waals surface area contributed by atoms with E-state index in [2.05, 4.69) is 15.3 Å². The van der Waals surface area contributed by atoms with E-state index in [9.17, 15) is 9.90 Å². The average molecular weight is 313 g/mol. The molecule has 1 aliphatic heterocycles. The first-order valence-corrected chi connectivity index (χ1v) is 8.06. The van der Waals surface area contributed by atoms with Crippen LogP contribution in [-0.2, 0) is 4.79 Å². The molecule has 1 unspecified atom stereocenters. The molecule has 2 aliphatic rings. The van der Waals surface area contributed by atoms with E-state index in [1.807, 2.05) is 30.3 Å². The SMILES string of the molecule is O=C([O-])CC1Sc2nnc(C3CC3)n2N=C1c1ccccc1. The molecular formula is C15H13N4O2S-. The van der Waals surface area contributed by atoms with Crippen molar-refractivity contribution in [3.8, 4) is 0 Å². The highest BCUT2D eigenvalue weighted by Crippen LogP contribution is 2.42. The second kappa shape index (κ2) is 5.24. The molecule has 1 aliphatic carbocycles. The number of nitrogens with zero attached hydrogens (tertiary/aromatic N) is 4. The fourth-order valence-corrected chi connectivity index (χ4v) is 3.63. The van der Waals surface area contributed by atoms with Crippen LogP contribution in [-0.4, -0.2) is 31.8 Å². The van der Waals surface area contributed by atoms with Crippen molar-refractivity contribution in [2.45, 2.75) is 35.6 Å². The fourth-order valence-electron chi connectivity index (χ4n) is 2.54. The number of hydrogen-bond acceptors (Lipinski definition) is 6. The van der Waals surface area contributed by atoms with Gasteiger partial charge in [0.1, 0.15) is 0 Å². The van der Waals surface area contributed by atoms with Crippen LogP contribution < -0.4 is 5.11 Å². The Morgan fingerprint density at radius 2 is 2.05 bits per heavy atom. The van der Waals surface area contributed by atoms with Gasteiger partial charge >= 0.3 is 0 Å². The van der Waals surface area contributed by atoms with Gasteiger partial charge in [0, 0.05) is 18.3 Å². The molecule has 2 heterocycles. The van der Waals surface area contributed by atoms with Gasteiger partial charge in [-0.2, -0.15) is 9.78 Å². The van der Waals surface area contributed by atoms with Crippen molar-refractivity contribution in [2.24, 2.45) is 5.10 Å². The topological polar surface area (TPSA) is 83.2 Å². The predicted octanol–water partition coefficient (Wildman–Crippen LogP) is 1.02. The largest absolute Gasteiger partial charge is 0.550 e. The summed E-state index contributed by atoms with van der Waals surface area (Å²) in [6.45, 7) is 0. The molecule has 22 heavy (non-hydrogen) atoms. The van der Waals surface area contributed by atoms with Gasteiger partial charge in [0.2, 0.25) is 5.16 Å². The number of aliphatic carboxylic acids is 1. The summed E-state index contributed by atoms with van der Waals surface area (Å²) in [7, 11) is 0. The molecule has 1 saturated carbocycles. The van der Waals surface area contributed by atoms with E-state index >= 15 is 0 Å². The number of carboxylic acid groups (broad SMARTS) is 1. The molecule has 0 bridgehead atoms. The average Bonchev–Trinajstić information content (AvgIpc) is 3.27. The summed E-state index contributed by atoms with van der Waals surface area (Å²) in [5.74, 6) is 0.222. The zero-order valence-corrected chi connectivity index (χ0v) is 12.5. The quantitative estimate of drug-likeness (QED) is 0.841. The van der Waals surface area contributed by atoms with Gasteiger partial charge in [0.15, 0.2) is 5.82 Å². The number of carbonyl (C=O) groups is 1. The second-order valence-electron chi connectivity index (χ2n) is 5.46. The minimum Gasteiger partial charge on any atom is -0.550 e. The molecule has 1 aromatic heterocycles. The van der Waals surface area contributed by atoms with Crippen LogP contribution in [0.3, 0.4) is 0 Å². The van der Waals surface area contributed by atoms with Crippen LogP contribution >= 0.6 is 11.8 Å². The summed E-state index contributed by atoms with van der Waals surface area (Å²) in [5.41, 5.74) is 1.66. The standard InChI is InChI=1S/C15H14N4O2S/c20-12(21)8-11-13(9-4-2-1-3-5-9)18-19-14(10-6-7-10)16-17-15(19)22-11/h1-5,10-11H,6-8H2,(H,20,21)/p-1. The van der Waals surface area contributed by atoms with E-state index in [4.69, 9.17) is 0 Å². The molecule has 1 fully saturated rings. The van der Waals surface area contributed by atoms with Crippen LogP contribution in [0.15, 0.2) is 40.6 Å². The second-order valence-corrected chi connectivity index (χ2v) is 6.63. The number of hydrogen-bond donors (Lipinski definition) is 0. The van der Waals surface area contributed by atoms with Crippen LogP contribution in [0.5, 0.6) is 0 Å². The van der Waals surface area contributed by atoms with E-state index in [-0.39, 0.29) is 11.7 Å². The van der Waals surface area contributed by atoms with Gasteiger partial charge in [-0.15, -0.1) is 10.2 Å². The Bertz CT molecular complexity index is 752. The Morgan fingerprint density at radius 1 is 1.27 bits per heavy atom. The van der Waals surface area contributed by atoms with E-state index in [0.29, 0.717) is 11.1 Å². The number of rotatable bonds is 4. The first kappa shape index (κ1) is 13.5. The van der Waals surface area contributed by atoms with Crippen molar-refractivity contribution in [3.63, 3.8) is 0 Å². The lowest BCUT2D eigenvalue weighted by Crippen LogP contribution is -2.33. The van der Waals surface area contributed by atoms with Gasteiger partial charge < -0.3 is 9.90 Å². The van der Waals surface area contributed by atoms with Gasteiger partial charge in [-0.3, -0.25) is 0 Å².